The van der Waals surface area contributed by atoms with Crippen molar-refractivity contribution in [1.82, 2.24) is 0 Å². The second-order valence-electron chi connectivity index (χ2n) is 4.88. The molecule has 0 amide bonds. The maximum Gasteiger partial charge on any atom is 0.309 e. The van der Waals surface area contributed by atoms with Gasteiger partial charge in [-0.2, -0.15) is 0 Å². The van der Waals surface area contributed by atoms with Crippen molar-refractivity contribution < 1.29 is 9.53 Å². The molecule has 0 radical (unpaired) electrons. The number of anilines is 1. The van der Waals surface area contributed by atoms with Gasteiger partial charge in [0.25, 0.3) is 0 Å². The number of nitrogen functional groups attached to an aromatic ring is 1. The Kier molecular flexibility index (Phi) is 5.69. The standard InChI is InChI=1S/C17H19NO2S/c1-13(12-21-16-9-5-8-15(18)10-16)17(19)20-11-14-6-3-2-4-7-14/h2-10,13H,11-12,18H2,1H3. The lowest BCUT2D eigenvalue weighted by Crippen LogP contribution is -2.16. The van der Waals surface area contributed by atoms with Crippen molar-refractivity contribution in [1.29, 1.82) is 0 Å². The number of rotatable bonds is 6. The van der Waals surface area contributed by atoms with E-state index in [0.29, 0.717) is 12.4 Å². The first-order chi connectivity index (χ1) is 10.1. The first kappa shape index (κ1) is 15.4. The van der Waals surface area contributed by atoms with Crippen LogP contribution in [0.2, 0.25) is 0 Å². The summed E-state index contributed by atoms with van der Waals surface area (Å²) in [4.78, 5) is 13.0. The van der Waals surface area contributed by atoms with E-state index in [1.807, 2.05) is 61.5 Å². The summed E-state index contributed by atoms with van der Waals surface area (Å²) in [6.45, 7) is 2.21. The van der Waals surface area contributed by atoms with Gasteiger partial charge in [0.15, 0.2) is 0 Å². The van der Waals surface area contributed by atoms with Crippen molar-refractivity contribution in [3.8, 4) is 0 Å². The first-order valence-electron chi connectivity index (χ1n) is 6.84. The minimum absolute atomic E-state index is 0.153. The van der Waals surface area contributed by atoms with Crippen LogP contribution in [0.4, 0.5) is 5.69 Å². The SMILES string of the molecule is CC(CSc1cccc(N)c1)C(=O)OCc1ccccc1. The Balaban J connectivity index is 1.77. The lowest BCUT2D eigenvalue weighted by Gasteiger charge is -2.11. The molecule has 0 saturated heterocycles. The zero-order valence-corrected chi connectivity index (χ0v) is 12.8. The van der Waals surface area contributed by atoms with E-state index < -0.39 is 0 Å². The second kappa shape index (κ2) is 7.74. The number of hydrogen-bond acceptors (Lipinski definition) is 4. The molecule has 0 saturated carbocycles. The largest absolute Gasteiger partial charge is 0.461 e. The van der Waals surface area contributed by atoms with E-state index in [2.05, 4.69) is 0 Å². The van der Waals surface area contributed by atoms with Gasteiger partial charge in [-0.3, -0.25) is 4.79 Å². The molecule has 0 bridgehead atoms. The van der Waals surface area contributed by atoms with Crippen molar-refractivity contribution in [3.05, 3.63) is 60.2 Å². The predicted octanol–water partition coefficient (Wildman–Crippen LogP) is 3.74. The van der Waals surface area contributed by atoms with Gasteiger partial charge in [-0.25, -0.2) is 0 Å². The Hall–Kier alpha value is -1.94. The van der Waals surface area contributed by atoms with Crippen LogP contribution in [-0.2, 0) is 16.1 Å². The summed E-state index contributed by atoms with van der Waals surface area (Å²) in [6, 6.07) is 17.4. The van der Waals surface area contributed by atoms with Crippen LogP contribution in [0.15, 0.2) is 59.5 Å². The molecule has 21 heavy (non-hydrogen) atoms. The Morgan fingerprint density at radius 3 is 2.67 bits per heavy atom. The number of carbonyl (C=O) groups is 1. The minimum Gasteiger partial charge on any atom is -0.461 e. The van der Waals surface area contributed by atoms with Crippen molar-refractivity contribution in [2.75, 3.05) is 11.5 Å². The number of carbonyl (C=O) groups excluding carboxylic acids is 1. The molecule has 0 fully saturated rings. The third-order valence-electron chi connectivity index (χ3n) is 2.98. The molecule has 2 aromatic rings. The summed E-state index contributed by atoms with van der Waals surface area (Å²) in [5.74, 6) is 0.354. The smallest absolute Gasteiger partial charge is 0.309 e. The van der Waals surface area contributed by atoms with Crippen molar-refractivity contribution in [2.45, 2.75) is 18.4 Å². The molecule has 2 rings (SSSR count). The van der Waals surface area contributed by atoms with Crippen LogP contribution in [0.5, 0.6) is 0 Å². The van der Waals surface area contributed by atoms with Crippen LogP contribution in [0.25, 0.3) is 0 Å². The molecule has 2 aromatic carbocycles. The molecule has 0 aliphatic heterocycles. The van der Waals surface area contributed by atoms with Crippen molar-refractivity contribution >= 4 is 23.4 Å². The number of benzene rings is 2. The highest BCUT2D eigenvalue weighted by molar-refractivity contribution is 7.99. The van der Waals surface area contributed by atoms with Crippen LogP contribution in [-0.4, -0.2) is 11.7 Å². The van der Waals surface area contributed by atoms with Gasteiger partial charge in [-0.1, -0.05) is 43.3 Å². The summed E-state index contributed by atoms with van der Waals surface area (Å²) in [6.07, 6.45) is 0. The quantitative estimate of drug-likeness (QED) is 0.501. The molecule has 3 nitrogen and oxygen atoms in total. The van der Waals surface area contributed by atoms with Crippen LogP contribution in [0, 0.1) is 5.92 Å². The van der Waals surface area contributed by atoms with E-state index in [0.717, 1.165) is 16.1 Å². The monoisotopic (exact) mass is 301 g/mol. The van der Waals surface area contributed by atoms with E-state index in [1.165, 1.54) is 0 Å². The fraction of sp³-hybridized carbons (Fsp3) is 0.235. The summed E-state index contributed by atoms with van der Waals surface area (Å²) in [5, 5.41) is 0. The Labute approximate surface area is 129 Å². The van der Waals surface area contributed by atoms with Gasteiger partial charge in [-0.15, -0.1) is 11.8 Å². The number of ether oxygens (including phenoxy) is 1. The maximum absolute atomic E-state index is 11.9. The Bertz CT molecular complexity index is 586. The molecule has 0 spiro atoms. The number of esters is 1. The van der Waals surface area contributed by atoms with Gasteiger partial charge in [0.1, 0.15) is 6.61 Å². The van der Waals surface area contributed by atoms with E-state index in [-0.39, 0.29) is 11.9 Å². The zero-order valence-electron chi connectivity index (χ0n) is 12.0. The molecule has 0 aromatic heterocycles. The average molecular weight is 301 g/mol. The lowest BCUT2D eigenvalue weighted by molar-refractivity contribution is -0.148. The summed E-state index contributed by atoms with van der Waals surface area (Å²) in [7, 11) is 0. The van der Waals surface area contributed by atoms with Gasteiger partial charge < -0.3 is 10.5 Å². The molecule has 0 aliphatic carbocycles. The summed E-state index contributed by atoms with van der Waals surface area (Å²) in [5.41, 5.74) is 7.47. The molecule has 1 unspecified atom stereocenters. The molecular formula is C17H19NO2S. The molecular weight excluding hydrogens is 282 g/mol. The summed E-state index contributed by atoms with van der Waals surface area (Å²) >= 11 is 1.61. The van der Waals surface area contributed by atoms with E-state index >= 15 is 0 Å². The van der Waals surface area contributed by atoms with Crippen molar-refractivity contribution in [3.63, 3.8) is 0 Å². The second-order valence-corrected chi connectivity index (χ2v) is 5.97. The van der Waals surface area contributed by atoms with Gasteiger partial charge in [0.05, 0.1) is 5.92 Å². The highest BCUT2D eigenvalue weighted by Crippen LogP contribution is 2.23. The number of nitrogens with two attached hydrogens (primary N) is 1. The van der Waals surface area contributed by atoms with Crippen LogP contribution >= 0.6 is 11.8 Å². The highest BCUT2D eigenvalue weighted by Gasteiger charge is 2.15. The normalized spacial score (nSPS) is 11.9. The predicted molar refractivity (Wildman–Crippen MR) is 87.0 cm³/mol. The van der Waals surface area contributed by atoms with E-state index in [4.69, 9.17) is 10.5 Å². The lowest BCUT2D eigenvalue weighted by atomic mass is 10.2. The molecule has 0 aliphatic rings. The summed E-state index contributed by atoms with van der Waals surface area (Å²) < 4.78 is 5.33. The van der Waals surface area contributed by atoms with Crippen LogP contribution < -0.4 is 5.73 Å². The highest BCUT2D eigenvalue weighted by atomic mass is 32.2. The van der Waals surface area contributed by atoms with E-state index in [1.54, 1.807) is 11.8 Å². The molecule has 2 N–H and O–H groups in total. The maximum atomic E-state index is 11.9. The average Bonchev–Trinajstić information content (AvgIpc) is 2.51. The van der Waals surface area contributed by atoms with Gasteiger partial charge >= 0.3 is 5.97 Å². The fourth-order valence-electron chi connectivity index (χ4n) is 1.76. The number of hydrogen-bond donors (Lipinski definition) is 1. The molecule has 4 heteroatoms. The third-order valence-corrected chi connectivity index (χ3v) is 4.24. The molecule has 0 heterocycles. The molecule has 110 valence electrons. The van der Waals surface area contributed by atoms with Crippen LogP contribution in [0.1, 0.15) is 12.5 Å². The van der Waals surface area contributed by atoms with Gasteiger partial charge in [0.2, 0.25) is 0 Å². The third kappa shape index (κ3) is 5.16. The van der Waals surface area contributed by atoms with Gasteiger partial charge in [0, 0.05) is 16.3 Å². The molecule has 1 atom stereocenters. The van der Waals surface area contributed by atoms with Gasteiger partial charge in [-0.05, 0) is 23.8 Å². The fourth-order valence-corrected chi connectivity index (χ4v) is 2.74. The first-order valence-corrected chi connectivity index (χ1v) is 7.82. The van der Waals surface area contributed by atoms with Crippen molar-refractivity contribution in [2.24, 2.45) is 5.92 Å². The number of thioether (sulfide) groups is 1. The minimum atomic E-state index is -0.171. The zero-order chi connectivity index (χ0) is 15.1. The van der Waals surface area contributed by atoms with Crippen LogP contribution in [0.3, 0.4) is 0 Å². The Morgan fingerprint density at radius 1 is 1.19 bits per heavy atom. The van der Waals surface area contributed by atoms with E-state index in [9.17, 15) is 4.79 Å². The topological polar surface area (TPSA) is 52.3 Å². The Morgan fingerprint density at radius 2 is 1.95 bits per heavy atom.